The molecule has 0 amide bonds. The molecule has 3 aromatic carbocycles. The molecule has 0 aliphatic carbocycles. The van der Waals surface area contributed by atoms with Gasteiger partial charge < -0.3 is 9.47 Å². The first-order valence-corrected chi connectivity index (χ1v) is 13.3. The Kier molecular flexibility index (Phi) is 8.51. The Hall–Kier alpha value is -2.42. The van der Waals surface area contributed by atoms with Gasteiger partial charge in [-0.3, -0.25) is 4.79 Å². The molecule has 0 atom stereocenters. The first kappa shape index (κ1) is 25.2. The quantitative estimate of drug-likeness (QED) is 0.204. The lowest BCUT2D eigenvalue weighted by Gasteiger charge is -2.13. The van der Waals surface area contributed by atoms with Crippen LogP contribution >= 0.6 is 31.9 Å². The third-order valence-electron chi connectivity index (χ3n) is 4.63. The average Bonchev–Trinajstić information content (AvgIpc) is 2.79. The van der Waals surface area contributed by atoms with Crippen molar-refractivity contribution in [2.75, 3.05) is 13.2 Å². The molecule has 0 unspecified atom stereocenters. The van der Waals surface area contributed by atoms with Crippen LogP contribution in [-0.2, 0) is 9.84 Å². The number of carbonyl (C=O) groups excluding carboxylic acids is 1. The Labute approximate surface area is 210 Å². The number of allylic oxidation sites excluding steroid dienone is 1. The maximum Gasteiger partial charge on any atom is 0.210 e. The maximum absolute atomic E-state index is 13.6. The van der Waals surface area contributed by atoms with Crippen molar-refractivity contribution in [2.45, 2.75) is 18.7 Å². The number of sulfone groups is 1. The van der Waals surface area contributed by atoms with Gasteiger partial charge in [-0.25, -0.2) is 8.42 Å². The van der Waals surface area contributed by atoms with Crippen LogP contribution in [0.5, 0.6) is 11.5 Å². The number of ether oxygens (including phenoxy) is 2. The predicted molar refractivity (Wildman–Crippen MR) is 137 cm³/mol. The van der Waals surface area contributed by atoms with Gasteiger partial charge in [-0.2, -0.15) is 0 Å². The van der Waals surface area contributed by atoms with E-state index in [4.69, 9.17) is 9.47 Å². The van der Waals surface area contributed by atoms with E-state index >= 15 is 0 Å². The lowest BCUT2D eigenvalue weighted by molar-refractivity contribution is 0.104. The average molecular weight is 594 g/mol. The molecule has 0 radical (unpaired) electrons. The SMILES string of the molecule is CCOc1ccc(/C=C(\C(=O)c2ccc(Br)cc2)S(=O)(=O)c2ccc(Br)cc2)c(OCC)c1. The Bertz CT molecular complexity index is 1270. The number of ketones is 1. The van der Waals surface area contributed by atoms with Crippen LogP contribution in [0.2, 0.25) is 0 Å². The van der Waals surface area contributed by atoms with E-state index in [1.165, 1.54) is 18.2 Å². The van der Waals surface area contributed by atoms with Crippen molar-refractivity contribution in [3.63, 3.8) is 0 Å². The Morgan fingerprint density at radius 2 is 1.42 bits per heavy atom. The summed E-state index contributed by atoms with van der Waals surface area (Å²) in [6.07, 6.45) is 1.36. The minimum absolute atomic E-state index is 0.0197. The molecule has 0 aliphatic heterocycles. The highest BCUT2D eigenvalue weighted by molar-refractivity contribution is 9.10. The monoisotopic (exact) mass is 592 g/mol. The van der Waals surface area contributed by atoms with E-state index in [9.17, 15) is 13.2 Å². The van der Waals surface area contributed by atoms with E-state index in [0.717, 1.165) is 8.95 Å². The van der Waals surface area contributed by atoms with E-state index in [0.29, 0.717) is 30.3 Å². The summed E-state index contributed by atoms with van der Waals surface area (Å²) < 4.78 is 39.9. The van der Waals surface area contributed by atoms with Crippen LogP contribution in [0.1, 0.15) is 29.8 Å². The fourth-order valence-electron chi connectivity index (χ4n) is 3.06. The first-order chi connectivity index (χ1) is 15.8. The second-order valence-electron chi connectivity index (χ2n) is 6.87. The smallest absolute Gasteiger partial charge is 0.210 e. The van der Waals surface area contributed by atoms with Gasteiger partial charge in [0.2, 0.25) is 15.6 Å². The molecule has 3 rings (SSSR count). The van der Waals surface area contributed by atoms with Crippen molar-refractivity contribution in [2.24, 2.45) is 0 Å². The summed E-state index contributed by atoms with van der Waals surface area (Å²) in [5.74, 6) is 0.409. The standard InChI is InChI=1S/C25H22Br2O5S/c1-3-31-21-12-7-18(23(16-21)32-4-2)15-24(25(28)17-5-8-19(26)9-6-17)33(29,30)22-13-10-20(27)11-14-22/h5-16H,3-4H2,1-2H3/b24-15+. The molecule has 0 saturated heterocycles. The topological polar surface area (TPSA) is 69.7 Å². The summed E-state index contributed by atoms with van der Waals surface area (Å²) in [6.45, 7) is 4.54. The third-order valence-corrected chi connectivity index (χ3v) is 7.46. The van der Waals surface area contributed by atoms with E-state index in [1.54, 1.807) is 54.6 Å². The normalized spacial score (nSPS) is 11.8. The second-order valence-corrected chi connectivity index (χ2v) is 10.6. The molecule has 0 aromatic heterocycles. The minimum atomic E-state index is -4.13. The fourth-order valence-corrected chi connectivity index (χ4v) is 4.98. The summed E-state index contributed by atoms with van der Waals surface area (Å²) in [5, 5.41) is 0. The van der Waals surface area contributed by atoms with Gasteiger partial charge in [-0.15, -0.1) is 0 Å². The number of hydrogen-bond acceptors (Lipinski definition) is 5. The van der Waals surface area contributed by atoms with E-state index < -0.39 is 15.6 Å². The molecular formula is C25H22Br2O5S. The largest absolute Gasteiger partial charge is 0.494 e. The highest BCUT2D eigenvalue weighted by Gasteiger charge is 2.28. The molecule has 0 fully saturated rings. The van der Waals surface area contributed by atoms with E-state index in [1.807, 2.05) is 13.8 Å². The lowest BCUT2D eigenvalue weighted by Crippen LogP contribution is -2.14. The van der Waals surface area contributed by atoms with Crippen LogP contribution in [0, 0.1) is 0 Å². The summed E-state index contributed by atoms with van der Waals surface area (Å²) in [7, 11) is -4.13. The minimum Gasteiger partial charge on any atom is -0.494 e. The van der Waals surface area contributed by atoms with E-state index in [-0.39, 0.29) is 15.4 Å². The molecule has 33 heavy (non-hydrogen) atoms. The number of Topliss-reactive ketones (excluding diaryl/α,β-unsaturated/α-hetero) is 1. The fraction of sp³-hybridized carbons (Fsp3) is 0.160. The highest BCUT2D eigenvalue weighted by atomic mass is 79.9. The van der Waals surface area contributed by atoms with Gasteiger partial charge in [-0.1, -0.05) is 31.9 Å². The molecule has 0 spiro atoms. The number of rotatable bonds is 9. The van der Waals surface area contributed by atoms with Gasteiger partial charge in [0.15, 0.2) is 0 Å². The van der Waals surface area contributed by atoms with Crippen LogP contribution in [0.3, 0.4) is 0 Å². The third kappa shape index (κ3) is 6.13. The van der Waals surface area contributed by atoms with Gasteiger partial charge in [0.05, 0.1) is 18.1 Å². The van der Waals surface area contributed by atoms with Crippen LogP contribution < -0.4 is 9.47 Å². The summed E-state index contributed by atoms with van der Waals surface area (Å²) >= 11 is 6.65. The zero-order valence-electron chi connectivity index (χ0n) is 18.0. The lowest BCUT2D eigenvalue weighted by atomic mass is 10.1. The zero-order chi connectivity index (χ0) is 24.0. The van der Waals surface area contributed by atoms with Gasteiger partial charge in [0.1, 0.15) is 16.4 Å². The molecule has 5 nitrogen and oxygen atoms in total. The summed E-state index contributed by atoms with van der Waals surface area (Å²) in [5.41, 5.74) is 0.718. The van der Waals surface area contributed by atoms with Crippen molar-refractivity contribution in [3.8, 4) is 11.5 Å². The van der Waals surface area contributed by atoms with Gasteiger partial charge >= 0.3 is 0 Å². The number of benzene rings is 3. The van der Waals surface area contributed by atoms with Crippen LogP contribution in [0.15, 0.2) is 85.5 Å². The van der Waals surface area contributed by atoms with Crippen molar-refractivity contribution >= 4 is 53.6 Å². The molecule has 0 heterocycles. The zero-order valence-corrected chi connectivity index (χ0v) is 22.0. The predicted octanol–water partition coefficient (Wildman–Crippen LogP) is 6.71. The molecule has 0 bridgehead atoms. The molecular weight excluding hydrogens is 572 g/mol. The van der Waals surface area contributed by atoms with Crippen LogP contribution in [0.4, 0.5) is 0 Å². The van der Waals surface area contributed by atoms with Gasteiger partial charge in [0.25, 0.3) is 0 Å². The summed E-state index contributed by atoms with van der Waals surface area (Å²) in [4.78, 5) is 13.1. The van der Waals surface area contributed by atoms with Crippen LogP contribution in [-0.4, -0.2) is 27.4 Å². The van der Waals surface area contributed by atoms with Crippen molar-refractivity contribution in [3.05, 3.63) is 91.7 Å². The number of carbonyl (C=O) groups is 1. The Morgan fingerprint density at radius 1 is 0.848 bits per heavy atom. The Morgan fingerprint density at radius 3 is 2.00 bits per heavy atom. The van der Waals surface area contributed by atoms with E-state index in [2.05, 4.69) is 31.9 Å². The molecule has 172 valence electrons. The van der Waals surface area contributed by atoms with Crippen molar-refractivity contribution in [1.82, 2.24) is 0 Å². The molecule has 0 N–H and O–H groups in total. The van der Waals surface area contributed by atoms with Crippen molar-refractivity contribution < 1.29 is 22.7 Å². The molecule has 8 heteroatoms. The Balaban J connectivity index is 2.20. The maximum atomic E-state index is 13.6. The van der Waals surface area contributed by atoms with Crippen molar-refractivity contribution in [1.29, 1.82) is 0 Å². The number of halogens is 2. The summed E-state index contributed by atoms with van der Waals surface area (Å²) in [6, 6.07) is 17.8. The first-order valence-electron chi connectivity index (χ1n) is 10.2. The number of hydrogen-bond donors (Lipinski definition) is 0. The highest BCUT2D eigenvalue weighted by Crippen LogP contribution is 2.31. The second kappa shape index (κ2) is 11.1. The van der Waals surface area contributed by atoms with Gasteiger partial charge in [-0.05, 0) is 80.6 Å². The molecule has 0 aliphatic rings. The van der Waals surface area contributed by atoms with Crippen LogP contribution in [0.25, 0.3) is 6.08 Å². The van der Waals surface area contributed by atoms with Gasteiger partial charge in [0, 0.05) is 26.1 Å². The molecule has 0 saturated carbocycles. The molecule has 3 aromatic rings.